The molecular weight excluding hydrogens is 312 g/mol. The van der Waals surface area contributed by atoms with E-state index in [2.05, 4.69) is 0 Å². The molecule has 1 heterocycles. The lowest BCUT2D eigenvalue weighted by molar-refractivity contribution is 0.0697. The Hall–Kier alpha value is -3.28. The number of ether oxygens (including phenoxy) is 2. The van der Waals surface area contributed by atoms with Crippen molar-refractivity contribution in [1.82, 2.24) is 0 Å². The van der Waals surface area contributed by atoms with Crippen LogP contribution < -0.4 is 14.9 Å². The summed E-state index contributed by atoms with van der Waals surface area (Å²) in [4.78, 5) is 23.5. The fourth-order valence-corrected chi connectivity index (χ4v) is 2.51. The minimum atomic E-state index is -1.10. The van der Waals surface area contributed by atoms with E-state index < -0.39 is 5.97 Å². The van der Waals surface area contributed by atoms with Gasteiger partial charge in [0.15, 0.2) is 5.43 Å². The highest BCUT2D eigenvalue weighted by atomic mass is 16.5. The highest BCUT2D eigenvalue weighted by Gasteiger charge is 2.17. The number of carboxylic acid groups (broad SMARTS) is 1. The van der Waals surface area contributed by atoms with E-state index in [0.717, 1.165) is 0 Å². The van der Waals surface area contributed by atoms with E-state index in [-0.39, 0.29) is 27.7 Å². The van der Waals surface area contributed by atoms with Gasteiger partial charge in [-0.1, -0.05) is 6.07 Å². The lowest BCUT2D eigenvalue weighted by Crippen LogP contribution is -2.04. The van der Waals surface area contributed by atoms with Gasteiger partial charge in [0.2, 0.25) is 0 Å². The summed E-state index contributed by atoms with van der Waals surface area (Å²) in [5.74, 6) is 0.176. The molecule has 6 nitrogen and oxygen atoms in total. The summed E-state index contributed by atoms with van der Waals surface area (Å²) in [6.07, 6.45) is 0. The van der Waals surface area contributed by atoms with Crippen LogP contribution in [0.1, 0.15) is 10.4 Å². The zero-order chi connectivity index (χ0) is 17.3. The summed E-state index contributed by atoms with van der Waals surface area (Å²) in [6, 6.07) is 10.7. The Bertz CT molecular complexity index is 964. The quantitative estimate of drug-likeness (QED) is 0.792. The Morgan fingerprint density at radius 2 is 1.71 bits per heavy atom. The van der Waals surface area contributed by atoms with Gasteiger partial charge in [-0.2, -0.15) is 0 Å². The number of fused-ring (bicyclic) bond motifs is 1. The summed E-state index contributed by atoms with van der Waals surface area (Å²) in [6.45, 7) is 0. The molecule has 0 aliphatic rings. The molecule has 0 aliphatic heterocycles. The molecule has 3 rings (SSSR count). The average Bonchev–Trinajstić information content (AvgIpc) is 2.60. The van der Waals surface area contributed by atoms with Crippen molar-refractivity contribution in [3.8, 4) is 22.8 Å². The number of benzene rings is 2. The molecular formula is C18H14O6. The molecule has 0 aliphatic carbocycles. The number of methoxy groups -OCH3 is 2. The van der Waals surface area contributed by atoms with Gasteiger partial charge in [0.05, 0.1) is 25.2 Å². The SMILES string of the molecule is COc1cccc(OC)c1-c1cc(=O)c2cc(C(=O)O)ccc2o1. The largest absolute Gasteiger partial charge is 0.496 e. The van der Waals surface area contributed by atoms with Gasteiger partial charge in [0.1, 0.15) is 28.4 Å². The second-order valence-corrected chi connectivity index (χ2v) is 5.03. The molecule has 1 aromatic heterocycles. The van der Waals surface area contributed by atoms with Crippen LogP contribution in [0.4, 0.5) is 0 Å². The highest BCUT2D eigenvalue weighted by molar-refractivity contribution is 5.93. The van der Waals surface area contributed by atoms with E-state index in [1.165, 1.54) is 38.5 Å². The maximum atomic E-state index is 12.4. The minimum absolute atomic E-state index is 0.0254. The fourth-order valence-electron chi connectivity index (χ4n) is 2.51. The smallest absolute Gasteiger partial charge is 0.335 e. The number of carboxylic acids is 1. The van der Waals surface area contributed by atoms with Crippen LogP contribution in [-0.2, 0) is 0 Å². The van der Waals surface area contributed by atoms with Crippen LogP contribution in [0.25, 0.3) is 22.3 Å². The first-order valence-corrected chi connectivity index (χ1v) is 7.07. The predicted molar refractivity (Wildman–Crippen MR) is 88.0 cm³/mol. The molecule has 0 spiro atoms. The summed E-state index contributed by atoms with van der Waals surface area (Å²) >= 11 is 0. The zero-order valence-corrected chi connectivity index (χ0v) is 13.0. The number of rotatable bonds is 4. The van der Waals surface area contributed by atoms with Crippen LogP contribution in [0.2, 0.25) is 0 Å². The van der Waals surface area contributed by atoms with Crippen molar-refractivity contribution in [2.75, 3.05) is 14.2 Å². The molecule has 0 amide bonds. The highest BCUT2D eigenvalue weighted by Crippen LogP contribution is 2.38. The third-order valence-electron chi connectivity index (χ3n) is 3.65. The Morgan fingerprint density at radius 3 is 2.29 bits per heavy atom. The van der Waals surface area contributed by atoms with Crippen molar-refractivity contribution in [1.29, 1.82) is 0 Å². The maximum absolute atomic E-state index is 12.4. The Morgan fingerprint density at radius 1 is 1.04 bits per heavy atom. The summed E-state index contributed by atoms with van der Waals surface area (Å²) in [5, 5.41) is 9.24. The van der Waals surface area contributed by atoms with Gasteiger partial charge in [-0.3, -0.25) is 4.79 Å². The maximum Gasteiger partial charge on any atom is 0.335 e. The second kappa shape index (κ2) is 6.08. The van der Waals surface area contributed by atoms with E-state index in [0.29, 0.717) is 17.1 Å². The molecule has 1 N–H and O–H groups in total. The number of carbonyl (C=O) groups is 1. The molecule has 0 saturated heterocycles. The Balaban J connectivity index is 2.28. The van der Waals surface area contributed by atoms with Crippen molar-refractivity contribution < 1.29 is 23.8 Å². The monoisotopic (exact) mass is 326 g/mol. The first-order chi connectivity index (χ1) is 11.5. The second-order valence-electron chi connectivity index (χ2n) is 5.03. The van der Waals surface area contributed by atoms with Crippen molar-refractivity contribution in [2.24, 2.45) is 0 Å². The molecule has 0 atom stereocenters. The van der Waals surface area contributed by atoms with Gasteiger partial charge < -0.3 is 19.0 Å². The number of hydrogen-bond acceptors (Lipinski definition) is 5. The van der Waals surface area contributed by atoms with Crippen LogP contribution >= 0.6 is 0 Å². The van der Waals surface area contributed by atoms with Gasteiger partial charge in [0, 0.05) is 6.07 Å². The standard InChI is InChI=1S/C18H14O6/c1-22-14-4-3-5-15(23-2)17(14)16-9-12(19)11-8-10(18(20)21)6-7-13(11)24-16/h3-9H,1-2H3,(H,20,21). The summed E-state index contributed by atoms with van der Waals surface area (Å²) < 4.78 is 16.4. The third kappa shape index (κ3) is 2.58. The molecule has 0 radical (unpaired) electrons. The van der Waals surface area contributed by atoms with Crippen LogP contribution in [-0.4, -0.2) is 25.3 Å². The zero-order valence-electron chi connectivity index (χ0n) is 13.0. The Kier molecular flexibility index (Phi) is 3.95. The number of hydrogen-bond donors (Lipinski definition) is 1. The van der Waals surface area contributed by atoms with Crippen LogP contribution in [0, 0.1) is 0 Å². The van der Waals surface area contributed by atoms with Crippen molar-refractivity contribution in [3.05, 3.63) is 58.3 Å². The fraction of sp³-hybridized carbons (Fsp3) is 0.111. The van der Waals surface area contributed by atoms with Crippen LogP contribution in [0.3, 0.4) is 0 Å². The van der Waals surface area contributed by atoms with E-state index in [4.69, 9.17) is 19.0 Å². The first kappa shape index (κ1) is 15.6. The molecule has 2 aromatic carbocycles. The van der Waals surface area contributed by atoms with Gasteiger partial charge >= 0.3 is 5.97 Å². The van der Waals surface area contributed by atoms with Gasteiger partial charge in [-0.05, 0) is 30.3 Å². The van der Waals surface area contributed by atoms with E-state index in [9.17, 15) is 9.59 Å². The molecule has 122 valence electrons. The van der Waals surface area contributed by atoms with E-state index in [1.807, 2.05) is 0 Å². The summed E-state index contributed by atoms with van der Waals surface area (Å²) in [7, 11) is 3.02. The van der Waals surface area contributed by atoms with Crippen molar-refractivity contribution in [2.45, 2.75) is 0 Å². The van der Waals surface area contributed by atoms with E-state index >= 15 is 0 Å². The topological polar surface area (TPSA) is 86.0 Å². The predicted octanol–water partition coefficient (Wildman–Crippen LogP) is 3.18. The first-order valence-electron chi connectivity index (χ1n) is 7.07. The number of aromatic carboxylic acids is 1. The Labute approximate surface area is 136 Å². The molecule has 6 heteroatoms. The molecule has 0 unspecified atom stereocenters. The van der Waals surface area contributed by atoms with Crippen LogP contribution in [0.5, 0.6) is 11.5 Å². The van der Waals surface area contributed by atoms with Crippen molar-refractivity contribution >= 4 is 16.9 Å². The summed E-state index contributed by atoms with van der Waals surface area (Å²) in [5.41, 5.74) is 0.485. The third-order valence-corrected chi connectivity index (χ3v) is 3.65. The van der Waals surface area contributed by atoms with Gasteiger partial charge in [-0.25, -0.2) is 4.79 Å². The minimum Gasteiger partial charge on any atom is -0.496 e. The molecule has 0 saturated carbocycles. The average molecular weight is 326 g/mol. The van der Waals surface area contributed by atoms with E-state index in [1.54, 1.807) is 18.2 Å². The normalized spacial score (nSPS) is 10.6. The molecule has 3 aromatic rings. The van der Waals surface area contributed by atoms with Gasteiger partial charge in [-0.15, -0.1) is 0 Å². The molecule has 24 heavy (non-hydrogen) atoms. The van der Waals surface area contributed by atoms with Crippen molar-refractivity contribution in [3.63, 3.8) is 0 Å². The lowest BCUT2D eigenvalue weighted by Gasteiger charge is -2.12. The lowest BCUT2D eigenvalue weighted by atomic mass is 10.1. The molecule has 0 bridgehead atoms. The molecule has 0 fully saturated rings. The van der Waals surface area contributed by atoms with Gasteiger partial charge in [0.25, 0.3) is 0 Å². The van der Waals surface area contributed by atoms with Crippen LogP contribution in [0.15, 0.2) is 51.7 Å².